The second-order valence-electron chi connectivity index (χ2n) is 3.75. The van der Waals surface area contributed by atoms with Crippen molar-refractivity contribution in [2.45, 2.75) is 18.4 Å². The molecule has 15 heavy (non-hydrogen) atoms. The van der Waals surface area contributed by atoms with Crippen molar-refractivity contribution in [2.24, 2.45) is 0 Å². The summed E-state index contributed by atoms with van der Waals surface area (Å²) in [6, 6.07) is 1.56. The van der Waals surface area contributed by atoms with E-state index >= 15 is 0 Å². The number of aromatic nitrogens is 1. The Morgan fingerprint density at radius 1 is 1.67 bits per heavy atom. The van der Waals surface area contributed by atoms with Gasteiger partial charge in [0.15, 0.2) is 0 Å². The molecular weight excluding hydrogens is 216 g/mol. The number of nitrogens with zero attached hydrogens (tertiary/aromatic N) is 1. The summed E-state index contributed by atoms with van der Waals surface area (Å²) in [5.74, 6) is -0.278. The van der Waals surface area contributed by atoms with Gasteiger partial charge in [0.05, 0.1) is 22.7 Å². The molecule has 0 spiro atoms. The van der Waals surface area contributed by atoms with Crippen LogP contribution < -0.4 is 5.32 Å². The molecule has 80 valence electrons. The highest BCUT2D eigenvalue weighted by Crippen LogP contribution is 2.35. The average Bonchev–Trinajstić information content (AvgIpc) is 2.99. The molecule has 0 unspecified atom stereocenters. The number of pyridine rings is 1. The van der Waals surface area contributed by atoms with Crippen molar-refractivity contribution in [1.82, 2.24) is 10.3 Å². The van der Waals surface area contributed by atoms with Crippen molar-refractivity contribution in [3.8, 4) is 0 Å². The van der Waals surface area contributed by atoms with Gasteiger partial charge in [0, 0.05) is 12.4 Å². The second kappa shape index (κ2) is 3.79. The van der Waals surface area contributed by atoms with E-state index in [9.17, 15) is 4.79 Å². The Labute approximate surface area is 92.3 Å². The lowest BCUT2D eigenvalue weighted by molar-refractivity contribution is 0.0906. The lowest BCUT2D eigenvalue weighted by atomic mass is 10.2. The van der Waals surface area contributed by atoms with Crippen LogP contribution in [0, 0.1) is 0 Å². The Morgan fingerprint density at radius 2 is 2.40 bits per heavy atom. The summed E-state index contributed by atoms with van der Waals surface area (Å²) in [4.78, 5) is 15.6. The fourth-order valence-corrected chi connectivity index (χ4v) is 1.52. The Bertz CT molecular complexity index is 391. The first-order valence-electron chi connectivity index (χ1n) is 4.70. The maximum Gasteiger partial charge on any atom is 0.254 e. The minimum atomic E-state index is -0.420. The van der Waals surface area contributed by atoms with Gasteiger partial charge in [0.25, 0.3) is 5.91 Å². The van der Waals surface area contributed by atoms with Gasteiger partial charge in [0.2, 0.25) is 0 Å². The zero-order chi connectivity index (χ0) is 10.9. The molecule has 0 aromatic carbocycles. The summed E-state index contributed by atoms with van der Waals surface area (Å²) >= 11 is 5.85. The molecular formula is C10H11ClN2O2. The first-order chi connectivity index (χ1) is 7.17. The van der Waals surface area contributed by atoms with Crippen molar-refractivity contribution >= 4 is 17.5 Å². The lowest BCUT2D eigenvalue weighted by Crippen LogP contribution is -2.39. The lowest BCUT2D eigenvalue weighted by Gasteiger charge is -2.14. The maximum atomic E-state index is 11.7. The van der Waals surface area contributed by atoms with Gasteiger partial charge in [-0.25, -0.2) is 0 Å². The van der Waals surface area contributed by atoms with Crippen molar-refractivity contribution < 1.29 is 9.90 Å². The number of carbonyl (C=O) groups is 1. The fraction of sp³-hybridized carbons (Fsp3) is 0.400. The van der Waals surface area contributed by atoms with E-state index in [-0.39, 0.29) is 12.5 Å². The first-order valence-corrected chi connectivity index (χ1v) is 5.08. The highest BCUT2D eigenvalue weighted by atomic mass is 35.5. The van der Waals surface area contributed by atoms with Gasteiger partial charge in [-0.1, -0.05) is 11.6 Å². The van der Waals surface area contributed by atoms with Crippen LogP contribution in [-0.4, -0.2) is 28.1 Å². The van der Waals surface area contributed by atoms with Crippen molar-refractivity contribution in [2.75, 3.05) is 6.61 Å². The Kier molecular flexibility index (Phi) is 2.63. The van der Waals surface area contributed by atoms with Gasteiger partial charge < -0.3 is 10.4 Å². The van der Waals surface area contributed by atoms with Gasteiger partial charge in [-0.3, -0.25) is 9.78 Å². The molecule has 0 saturated heterocycles. The van der Waals surface area contributed by atoms with Crippen LogP contribution in [0.3, 0.4) is 0 Å². The van der Waals surface area contributed by atoms with E-state index in [4.69, 9.17) is 16.7 Å². The van der Waals surface area contributed by atoms with E-state index in [1.165, 1.54) is 12.4 Å². The number of amides is 1. The van der Waals surface area contributed by atoms with Crippen LogP contribution >= 0.6 is 11.6 Å². The monoisotopic (exact) mass is 226 g/mol. The standard InChI is InChI=1S/C10H11ClN2O2/c11-8-1-4-12-5-7(8)9(15)13-10(6-14)2-3-10/h1,4-5,14H,2-3,6H2,(H,13,15). The van der Waals surface area contributed by atoms with Gasteiger partial charge in [-0.05, 0) is 18.9 Å². The van der Waals surface area contributed by atoms with Gasteiger partial charge in [-0.2, -0.15) is 0 Å². The second-order valence-corrected chi connectivity index (χ2v) is 4.16. The van der Waals surface area contributed by atoms with E-state index in [2.05, 4.69) is 10.3 Å². The summed E-state index contributed by atoms with van der Waals surface area (Å²) in [7, 11) is 0. The summed E-state index contributed by atoms with van der Waals surface area (Å²) in [5, 5.41) is 12.2. The van der Waals surface area contributed by atoms with Gasteiger partial charge >= 0.3 is 0 Å². The Balaban J connectivity index is 2.12. The topological polar surface area (TPSA) is 62.2 Å². The Morgan fingerprint density at radius 3 is 2.93 bits per heavy atom. The van der Waals surface area contributed by atoms with Crippen molar-refractivity contribution in [3.05, 3.63) is 29.0 Å². The third-order valence-electron chi connectivity index (χ3n) is 2.55. The SMILES string of the molecule is O=C(NC1(CO)CC1)c1cnccc1Cl. The van der Waals surface area contributed by atoms with E-state index in [0.717, 1.165) is 12.8 Å². The quantitative estimate of drug-likeness (QED) is 0.808. The molecule has 2 N–H and O–H groups in total. The van der Waals surface area contributed by atoms with Crippen LogP contribution in [-0.2, 0) is 0 Å². The summed E-state index contributed by atoms with van der Waals surface area (Å²) in [5.41, 5.74) is -0.0742. The summed E-state index contributed by atoms with van der Waals surface area (Å²) in [6.45, 7) is -0.0311. The zero-order valence-electron chi connectivity index (χ0n) is 8.03. The van der Waals surface area contributed by atoms with Crippen molar-refractivity contribution in [1.29, 1.82) is 0 Å². The molecule has 1 aliphatic rings. The summed E-state index contributed by atoms with van der Waals surface area (Å²) in [6.07, 6.45) is 4.57. The molecule has 0 aliphatic heterocycles. The molecule has 2 rings (SSSR count). The van der Waals surface area contributed by atoms with E-state index in [1.807, 2.05) is 0 Å². The molecule has 1 saturated carbocycles. The number of halogens is 1. The molecule has 1 heterocycles. The number of rotatable bonds is 3. The molecule has 0 bridgehead atoms. The Hall–Kier alpha value is -1.13. The van der Waals surface area contributed by atoms with Crippen LogP contribution in [0.4, 0.5) is 0 Å². The minimum Gasteiger partial charge on any atom is -0.394 e. The van der Waals surface area contributed by atoms with Gasteiger partial charge in [-0.15, -0.1) is 0 Å². The fourth-order valence-electron chi connectivity index (χ4n) is 1.33. The van der Waals surface area contributed by atoms with E-state index in [0.29, 0.717) is 10.6 Å². The normalized spacial score (nSPS) is 17.2. The summed E-state index contributed by atoms with van der Waals surface area (Å²) < 4.78 is 0. The van der Waals surface area contributed by atoms with E-state index in [1.54, 1.807) is 6.07 Å². The predicted octanol–water partition coefficient (Wildman–Crippen LogP) is 0.990. The zero-order valence-corrected chi connectivity index (χ0v) is 8.79. The smallest absolute Gasteiger partial charge is 0.254 e. The molecule has 0 radical (unpaired) electrons. The molecule has 1 amide bonds. The molecule has 0 atom stereocenters. The van der Waals surface area contributed by atoms with Crippen LogP contribution in [0.2, 0.25) is 5.02 Å². The van der Waals surface area contributed by atoms with Crippen LogP contribution in [0.5, 0.6) is 0 Å². The third kappa shape index (κ3) is 2.11. The van der Waals surface area contributed by atoms with Crippen molar-refractivity contribution in [3.63, 3.8) is 0 Å². The number of hydrogen-bond acceptors (Lipinski definition) is 3. The first kappa shape index (κ1) is 10.4. The molecule has 5 heteroatoms. The number of carbonyl (C=O) groups excluding carboxylic acids is 1. The third-order valence-corrected chi connectivity index (χ3v) is 2.88. The van der Waals surface area contributed by atoms with Gasteiger partial charge in [0.1, 0.15) is 0 Å². The highest BCUT2D eigenvalue weighted by Gasteiger charge is 2.43. The molecule has 1 aromatic heterocycles. The minimum absolute atomic E-state index is 0.0311. The molecule has 1 aliphatic carbocycles. The maximum absolute atomic E-state index is 11.7. The molecule has 4 nitrogen and oxygen atoms in total. The number of hydrogen-bond donors (Lipinski definition) is 2. The molecule has 1 aromatic rings. The largest absolute Gasteiger partial charge is 0.394 e. The molecule has 1 fully saturated rings. The van der Waals surface area contributed by atoms with Crippen LogP contribution in [0.15, 0.2) is 18.5 Å². The van der Waals surface area contributed by atoms with Crippen LogP contribution in [0.1, 0.15) is 23.2 Å². The van der Waals surface area contributed by atoms with Crippen LogP contribution in [0.25, 0.3) is 0 Å². The number of aliphatic hydroxyl groups excluding tert-OH is 1. The number of aliphatic hydroxyl groups is 1. The predicted molar refractivity (Wildman–Crippen MR) is 55.8 cm³/mol. The number of nitrogens with one attached hydrogen (secondary N) is 1. The highest BCUT2D eigenvalue weighted by molar-refractivity contribution is 6.33. The van der Waals surface area contributed by atoms with E-state index < -0.39 is 5.54 Å². The average molecular weight is 227 g/mol.